The van der Waals surface area contributed by atoms with Crippen molar-refractivity contribution < 1.29 is 4.74 Å². The molecule has 0 amide bonds. The number of nitrogens with one attached hydrogen (secondary N) is 1. The Morgan fingerprint density at radius 2 is 2.10 bits per heavy atom. The summed E-state index contributed by atoms with van der Waals surface area (Å²) in [6.07, 6.45) is 3.51. The van der Waals surface area contributed by atoms with Crippen molar-refractivity contribution in [1.82, 2.24) is 15.2 Å². The minimum Gasteiger partial charge on any atom is -0.495 e. The number of methoxy groups -OCH3 is 1. The van der Waals surface area contributed by atoms with Gasteiger partial charge in [0.25, 0.3) is 0 Å². The first-order valence-corrected chi connectivity index (χ1v) is 7.23. The zero-order valence-electron chi connectivity index (χ0n) is 11.7. The highest BCUT2D eigenvalue weighted by Crippen LogP contribution is 2.32. The van der Waals surface area contributed by atoms with Gasteiger partial charge >= 0.3 is 0 Å². The predicted octanol–water partition coefficient (Wildman–Crippen LogP) is 3.66. The second kappa shape index (κ2) is 5.88. The molecule has 0 spiro atoms. The van der Waals surface area contributed by atoms with E-state index in [4.69, 9.17) is 4.74 Å². The zero-order valence-corrected chi connectivity index (χ0v) is 12.5. The average molecular weight is 298 g/mol. The number of aryl methyl sites for hydroxylation is 1. The van der Waals surface area contributed by atoms with E-state index in [1.165, 1.54) is 11.3 Å². The van der Waals surface area contributed by atoms with Gasteiger partial charge in [0.15, 0.2) is 5.01 Å². The Bertz CT molecular complexity index is 742. The molecule has 0 bridgehead atoms. The summed E-state index contributed by atoms with van der Waals surface area (Å²) in [6, 6.07) is 9.80. The molecule has 0 fully saturated rings. The van der Waals surface area contributed by atoms with Crippen molar-refractivity contribution in [3.8, 4) is 16.3 Å². The van der Waals surface area contributed by atoms with Crippen molar-refractivity contribution in [2.75, 3.05) is 12.4 Å². The van der Waals surface area contributed by atoms with Crippen LogP contribution in [0.25, 0.3) is 10.6 Å². The van der Waals surface area contributed by atoms with Crippen LogP contribution in [0.3, 0.4) is 0 Å². The van der Waals surface area contributed by atoms with E-state index < -0.39 is 0 Å². The molecule has 1 aromatic carbocycles. The first-order chi connectivity index (χ1) is 10.3. The normalized spacial score (nSPS) is 10.4. The molecular weight excluding hydrogens is 284 g/mol. The molecule has 0 saturated carbocycles. The molecule has 3 rings (SSSR count). The van der Waals surface area contributed by atoms with E-state index in [0.717, 1.165) is 32.7 Å². The Labute approximate surface area is 126 Å². The van der Waals surface area contributed by atoms with Crippen LogP contribution in [0.5, 0.6) is 5.75 Å². The molecule has 6 heteroatoms. The molecule has 2 heterocycles. The van der Waals surface area contributed by atoms with Gasteiger partial charge in [-0.3, -0.25) is 4.98 Å². The standard InChI is InChI=1S/C15H14N4OS/c1-10-5-6-13(20-2)12(8-10)17-15-19-18-14(21-15)11-4-3-7-16-9-11/h3-9H,1-2H3,(H,17,19). The summed E-state index contributed by atoms with van der Waals surface area (Å²) in [4.78, 5) is 4.09. The summed E-state index contributed by atoms with van der Waals surface area (Å²) in [6.45, 7) is 2.03. The lowest BCUT2D eigenvalue weighted by Gasteiger charge is -2.09. The molecule has 0 saturated heterocycles. The summed E-state index contributed by atoms with van der Waals surface area (Å²) >= 11 is 1.48. The van der Waals surface area contributed by atoms with Gasteiger partial charge in [0.1, 0.15) is 5.75 Å². The molecule has 21 heavy (non-hydrogen) atoms. The van der Waals surface area contributed by atoms with Gasteiger partial charge in [0, 0.05) is 18.0 Å². The predicted molar refractivity (Wildman–Crippen MR) is 84.2 cm³/mol. The number of ether oxygens (including phenoxy) is 1. The summed E-state index contributed by atoms with van der Waals surface area (Å²) in [5.74, 6) is 0.777. The van der Waals surface area contributed by atoms with Gasteiger partial charge in [-0.15, -0.1) is 10.2 Å². The second-order valence-corrected chi connectivity index (χ2v) is 5.46. The van der Waals surface area contributed by atoms with Crippen LogP contribution >= 0.6 is 11.3 Å². The smallest absolute Gasteiger partial charge is 0.210 e. The largest absolute Gasteiger partial charge is 0.495 e. The average Bonchev–Trinajstić information content (AvgIpc) is 2.97. The molecule has 0 unspecified atom stereocenters. The van der Waals surface area contributed by atoms with Crippen LogP contribution in [0, 0.1) is 6.92 Å². The number of pyridine rings is 1. The maximum atomic E-state index is 5.35. The minimum absolute atomic E-state index is 0.720. The van der Waals surface area contributed by atoms with Gasteiger partial charge in [-0.2, -0.15) is 0 Å². The third kappa shape index (κ3) is 3.00. The molecular formula is C15H14N4OS. The molecule has 0 atom stereocenters. The molecule has 0 aliphatic heterocycles. The third-order valence-electron chi connectivity index (χ3n) is 2.93. The quantitative estimate of drug-likeness (QED) is 0.796. The Kier molecular flexibility index (Phi) is 3.79. The molecule has 1 N–H and O–H groups in total. The molecule has 0 aliphatic carbocycles. The van der Waals surface area contributed by atoms with E-state index in [0.29, 0.717) is 0 Å². The zero-order chi connectivity index (χ0) is 14.7. The van der Waals surface area contributed by atoms with Crippen molar-refractivity contribution in [2.24, 2.45) is 0 Å². The highest BCUT2D eigenvalue weighted by molar-refractivity contribution is 7.18. The number of anilines is 2. The first-order valence-electron chi connectivity index (χ1n) is 6.42. The molecule has 3 aromatic rings. The Hall–Kier alpha value is -2.47. The fourth-order valence-corrected chi connectivity index (χ4v) is 2.66. The second-order valence-electron chi connectivity index (χ2n) is 4.48. The van der Waals surface area contributed by atoms with Crippen LogP contribution in [-0.2, 0) is 0 Å². The van der Waals surface area contributed by atoms with Crippen molar-refractivity contribution >= 4 is 22.2 Å². The fraction of sp³-hybridized carbons (Fsp3) is 0.133. The highest BCUT2D eigenvalue weighted by atomic mass is 32.1. The molecule has 2 aromatic heterocycles. The van der Waals surface area contributed by atoms with Gasteiger partial charge in [0.2, 0.25) is 5.13 Å². The van der Waals surface area contributed by atoms with E-state index >= 15 is 0 Å². The summed E-state index contributed by atoms with van der Waals surface area (Å²) in [5.41, 5.74) is 2.99. The van der Waals surface area contributed by atoms with Crippen LogP contribution < -0.4 is 10.1 Å². The van der Waals surface area contributed by atoms with Gasteiger partial charge < -0.3 is 10.1 Å². The number of benzene rings is 1. The van der Waals surface area contributed by atoms with Crippen molar-refractivity contribution in [3.05, 3.63) is 48.3 Å². The highest BCUT2D eigenvalue weighted by Gasteiger charge is 2.09. The van der Waals surface area contributed by atoms with Crippen molar-refractivity contribution in [2.45, 2.75) is 6.92 Å². The van der Waals surface area contributed by atoms with Crippen LogP contribution in [0.1, 0.15) is 5.56 Å². The van der Waals surface area contributed by atoms with Gasteiger partial charge in [-0.25, -0.2) is 0 Å². The van der Waals surface area contributed by atoms with Gasteiger partial charge in [-0.05, 0) is 36.8 Å². The Morgan fingerprint density at radius 3 is 2.86 bits per heavy atom. The van der Waals surface area contributed by atoms with Crippen LogP contribution in [0.4, 0.5) is 10.8 Å². The van der Waals surface area contributed by atoms with Gasteiger partial charge in [0.05, 0.1) is 12.8 Å². The minimum atomic E-state index is 0.720. The summed E-state index contributed by atoms with van der Waals surface area (Å²) in [5, 5.41) is 13.2. The number of aromatic nitrogens is 3. The Morgan fingerprint density at radius 1 is 1.19 bits per heavy atom. The van der Waals surface area contributed by atoms with Crippen LogP contribution in [-0.4, -0.2) is 22.3 Å². The van der Waals surface area contributed by atoms with E-state index in [1.807, 2.05) is 37.3 Å². The third-order valence-corrected chi connectivity index (χ3v) is 3.82. The molecule has 0 radical (unpaired) electrons. The topological polar surface area (TPSA) is 59.9 Å². The van der Waals surface area contributed by atoms with E-state index in [1.54, 1.807) is 19.5 Å². The molecule has 0 aliphatic rings. The van der Waals surface area contributed by atoms with Crippen LogP contribution in [0.15, 0.2) is 42.7 Å². The monoisotopic (exact) mass is 298 g/mol. The Balaban J connectivity index is 1.87. The number of hydrogen-bond donors (Lipinski definition) is 1. The maximum absolute atomic E-state index is 5.35. The first kappa shape index (κ1) is 13.5. The van der Waals surface area contributed by atoms with E-state index in [-0.39, 0.29) is 0 Å². The van der Waals surface area contributed by atoms with Gasteiger partial charge in [-0.1, -0.05) is 17.4 Å². The number of hydrogen-bond acceptors (Lipinski definition) is 6. The lowest BCUT2D eigenvalue weighted by atomic mass is 10.2. The maximum Gasteiger partial charge on any atom is 0.210 e. The lowest BCUT2D eigenvalue weighted by molar-refractivity contribution is 0.416. The summed E-state index contributed by atoms with van der Waals surface area (Å²) in [7, 11) is 1.65. The summed E-state index contributed by atoms with van der Waals surface area (Å²) < 4.78 is 5.35. The molecule has 5 nitrogen and oxygen atoms in total. The van der Waals surface area contributed by atoms with Crippen molar-refractivity contribution in [3.63, 3.8) is 0 Å². The molecule has 106 valence electrons. The number of nitrogens with zero attached hydrogens (tertiary/aromatic N) is 3. The van der Waals surface area contributed by atoms with E-state index in [9.17, 15) is 0 Å². The SMILES string of the molecule is COc1ccc(C)cc1Nc1nnc(-c2cccnc2)s1. The lowest BCUT2D eigenvalue weighted by Crippen LogP contribution is -1.94. The fourth-order valence-electron chi connectivity index (χ4n) is 1.91. The van der Waals surface area contributed by atoms with Crippen LogP contribution in [0.2, 0.25) is 0 Å². The number of rotatable bonds is 4. The van der Waals surface area contributed by atoms with E-state index in [2.05, 4.69) is 20.5 Å². The van der Waals surface area contributed by atoms with Crippen molar-refractivity contribution in [1.29, 1.82) is 0 Å².